The Hall–Kier alpha value is -4.21. The Kier molecular flexibility index (Phi) is 9.80. The van der Waals surface area contributed by atoms with Gasteiger partial charge in [-0.3, -0.25) is 9.59 Å². The van der Waals surface area contributed by atoms with Crippen molar-refractivity contribution >= 4 is 85.4 Å². The van der Waals surface area contributed by atoms with Gasteiger partial charge in [-0.25, -0.2) is 9.97 Å². The van der Waals surface area contributed by atoms with Gasteiger partial charge in [-0.05, 0) is 70.4 Å². The smallest absolute Gasteiger partial charge is 0.657 e. The van der Waals surface area contributed by atoms with E-state index in [0.29, 0.717) is 12.8 Å². The number of aryl methyl sites for hydroxylation is 3. The molecule has 8 bridgehead atoms. The predicted octanol–water partition coefficient (Wildman–Crippen LogP) is 5.31. The molecule has 3 aromatic heterocycles. The Morgan fingerprint density at radius 1 is 0.795 bits per heavy atom. The maximum absolute atomic E-state index is 12.1. The second-order valence-electron chi connectivity index (χ2n) is 10.9. The van der Waals surface area contributed by atoms with Crippen LogP contribution in [0.5, 0.6) is 0 Å². The third kappa shape index (κ3) is 6.07. The van der Waals surface area contributed by atoms with Gasteiger partial charge in [-0.1, -0.05) is 42.0 Å². The molecule has 8 nitrogen and oxygen atoms in total. The zero-order chi connectivity index (χ0) is 31.0. The summed E-state index contributed by atoms with van der Waals surface area (Å²) in [4.78, 5) is 40.8. The van der Waals surface area contributed by atoms with Crippen molar-refractivity contribution in [3.05, 3.63) is 88.5 Å². The van der Waals surface area contributed by atoms with Crippen molar-refractivity contribution in [3.63, 3.8) is 0 Å². The number of hydrogen-bond donors (Lipinski definition) is 1. The zero-order valence-corrected chi connectivity index (χ0v) is 27.4. The second kappa shape index (κ2) is 13.2. The van der Waals surface area contributed by atoms with Gasteiger partial charge in [0.05, 0.1) is 12.7 Å². The van der Waals surface area contributed by atoms with Crippen molar-refractivity contribution in [1.82, 2.24) is 9.97 Å². The Morgan fingerprint density at radius 3 is 2.05 bits per heavy atom. The summed E-state index contributed by atoms with van der Waals surface area (Å²) in [5.41, 5.74) is 14.2. The Bertz CT molecular complexity index is 1940. The minimum absolute atomic E-state index is 0. The van der Waals surface area contributed by atoms with E-state index in [4.69, 9.17) is 14.7 Å². The van der Waals surface area contributed by atoms with Crippen molar-refractivity contribution in [2.45, 2.75) is 53.4 Å². The number of H-pyrrole nitrogens is 2. The normalized spacial score (nSPS) is 12.7. The van der Waals surface area contributed by atoms with Crippen LogP contribution in [0.3, 0.4) is 0 Å². The summed E-state index contributed by atoms with van der Waals surface area (Å²) in [6.45, 7) is 16.2. The van der Waals surface area contributed by atoms with Gasteiger partial charge in [0, 0.05) is 29.6 Å². The van der Waals surface area contributed by atoms with Gasteiger partial charge in [-0.2, -0.15) is 0 Å². The quantitative estimate of drug-likeness (QED) is 0.276. The molecule has 3 aromatic rings. The number of aromatic amines is 2. The Morgan fingerprint density at radius 2 is 1.39 bits per heavy atom. The van der Waals surface area contributed by atoms with Crippen LogP contribution in [0.1, 0.15) is 78.1 Å². The molecule has 0 aliphatic carbocycles. The first-order valence-electron chi connectivity index (χ1n) is 14.3. The van der Waals surface area contributed by atoms with E-state index < -0.39 is 5.97 Å². The van der Waals surface area contributed by atoms with Crippen LogP contribution in [0.2, 0.25) is 0 Å². The maximum atomic E-state index is 12.1. The van der Waals surface area contributed by atoms with E-state index >= 15 is 0 Å². The van der Waals surface area contributed by atoms with E-state index in [-0.39, 0.29) is 41.9 Å². The summed E-state index contributed by atoms with van der Waals surface area (Å²) < 4.78 is 4.92. The molecule has 0 radical (unpaired) electrons. The van der Waals surface area contributed by atoms with Crippen molar-refractivity contribution < 1.29 is 29.4 Å². The predicted molar refractivity (Wildman–Crippen MR) is 174 cm³/mol. The number of carbonyl (C=O) groups is 2. The van der Waals surface area contributed by atoms with Crippen LogP contribution in [-0.2, 0) is 20.7 Å². The topological polar surface area (TPSA) is 120 Å². The number of rotatable bonds is 8. The van der Waals surface area contributed by atoms with Gasteiger partial charge < -0.3 is 19.8 Å². The first-order chi connectivity index (χ1) is 20.6. The van der Waals surface area contributed by atoms with Crippen LogP contribution in [0.4, 0.5) is 0 Å². The molecule has 0 aromatic carbocycles. The van der Waals surface area contributed by atoms with Gasteiger partial charge in [0.25, 0.3) is 0 Å². The van der Waals surface area contributed by atoms with Crippen molar-refractivity contribution in [1.29, 1.82) is 0 Å². The number of methoxy groups -OCH3 is 1. The molecule has 220 valence electrons. The standard InChI is InChI=1S/C35H35N4O4.Mg/c1-8-22-18(3)26-14-27-20(5)24(10-12-34(40)41)32(38-27)17-33-25(11-13-35(42)43-7)21(6)29(39-33)16-31-23(9-2)19(4)28(37-31)15-30(22)36-26;/h8-9,14-17H,1-2,10-13H2,3-7H3,(H2-,36,37,38,39,40,41);/q-1;+2/p+1. The van der Waals surface area contributed by atoms with E-state index in [1.54, 1.807) is 0 Å². The number of fused-ring (bicyclic) bond motifs is 8. The van der Waals surface area contributed by atoms with E-state index in [0.717, 1.165) is 89.4 Å². The van der Waals surface area contributed by atoms with E-state index in [9.17, 15) is 14.7 Å². The number of carbonyl (C=O) groups excluding carboxylic acids is 1. The molecule has 0 unspecified atom stereocenters. The fraction of sp³-hybridized carbons (Fsp3) is 0.257. The van der Waals surface area contributed by atoms with E-state index in [1.165, 1.54) is 7.11 Å². The molecule has 5 rings (SSSR count). The van der Waals surface area contributed by atoms with Crippen molar-refractivity contribution in [3.8, 4) is 0 Å². The van der Waals surface area contributed by atoms with Crippen LogP contribution in [-0.4, -0.2) is 47.2 Å². The largest absolute Gasteiger partial charge is 2.00 e. The molecule has 0 amide bonds. The number of aromatic nitrogens is 4. The van der Waals surface area contributed by atoms with Crippen molar-refractivity contribution in [2.24, 2.45) is 0 Å². The number of nitrogens with zero attached hydrogens (tertiary/aromatic N) is 2. The fourth-order valence-corrected chi connectivity index (χ4v) is 5.87. The zero-order valence-electron chi connectivity index (χ0n) is 26.0. The number of nitrogens with one attached hydrogen (secondary N) is 2. The summed E-state index contributed by atoms with van der Waals surface area (Å²) in [5, 5.41) is 9.49. The summed E-state index contributed by atoms with van der Waals surface area (Å²) in [5.74, 6) is -1.16. The SMILES string of the molecule is C=CC1=C(C)c2cc3[n-]c(cc4[nH+]c(cc5[n-]c(cc1[nH+]2)c(C)c5CCC(=O)OC)C(CCC(=O)O)=C4C)c(C)c3C=C.[Mg+2]. The molecule has 0 spiro atoms. The fourth-order valence-electron chi connectivity index (χ4n) is 5.87. The van der Waals surface area contributed by atoms with E-state index in [1.807, 2.05) is 57.2 Å². The number of carboxylic acids is 1. The summed E-state index contributed by atoms with van der Waals surface area (Å²) >= 11 is 0. The molecular formula is C35H36MgN4O4+2. The molecule has 0 atom stereocenters. The minimum Gasteiger partial charge on any atom is -0.657 e. The molecule has 9 heteroatoms. The molecule has 3 N–H and O–H groups in total. The minimum atomic E-state index is -0.865. The van der Waals surface area contributed by atoms with Crippen LogP contribution < -0.4 is 19.9 Å². The number of carboxylic acid groups (broad SMARTS) is 1. The second-order valence-corrected chi connectivity index (χ2v) is 10.9. The molecule has 2 aliphatic rings. The van der Waals surface area contributed by atoms with Crippen LogP contribution in [0, 0.1) is 13.8 Å². The molecule has 0 saturated heterocycles. The maximum Gasteiger partial charge on any atom is 2.00 e. The molecular weight excluding hydrogens is 565 g/mol. The van der Waals surface area contributed by atoms with Gasteiger partial charge in [-0.15, -0.1) is 22.1 Å². The van der Waals surface area contributed by atoms with Crippen LogP contribution in [0.25, 0.3) is 50.4 Å². The average Bonchev–Trinajstić information content (AvgIpc) is 3.63. The average molecular weight is 601 g/mol. The number of allylic oxidation sites excluding steroid dienone is 5. The summed E-state index contributed by atoms with van der Waals surface area (Å²) in [6.07, 6.45) is 4.67. The van der Waals surface area contributed by atoms with E-state index in [2.05, 4.69) is 30.0 Å². The first-order valence-corrected chi connectivity index (χ1v) is 14.3. The number of esters is 1. The third-order valence-electron chi connectivity index (χ3n) is 8.44. The summed E-state index contributed by atoms with van der Waals surface area (Å²) in [7, 11) is 1.38. The van der Waals surface area contributed by atoms with Gasteiger partial charge in [0.2, 0.25) is 22.8 Å². The van der Waals surface area contributed by atoms with Crippen molar-refractivity contribution in [2.75, 3.05) is 7.11 Å². The molecule has 0 saturated carbocycles. The van der Waals surface area contributed by atoms with Gasteiger partial charge >= 0.3 is 35.0 Å². The van der Waals surface area contributed by atoms with Crippen LogP contribution in [0.15, 0.2) is 43.5 Å². The monoisotopic (exact) mass is 600 g/mol. The van der Waals surface area contributed by atoms with Gasteiger partial charge in [0.1, 0.15) is 0 Å². The molecule has 44 heavy (non-hydrogen) atoms. The number of aliphatic carboxylic acids is 1. The first kappa shape index (κ1) is 32.7. The summed E-state index contributed by atoms with van der Waals surface area (Å²) in [6, 6.07) is 8.01. The van der Waals surface area contributed by atoms with Gasteiger partial charge in [0.15, 0.2) is 0 Å². The Labute approximate surface area is 272 Å². The third-order valence-corrected chi connectivity index (χ3v) is 8.44. The molecule has 5 heterocycles. The molecule has 2 aliphatic heterocycles. The van der Waals surface area contributed by atoms with Crippen LogP contribution >= 0.6 is 0 Å². The number of hydrogen-bond acceptors (Lipinski definition) is 3. The number of ether oxygens (including phenoxy) is 1. The Balaban J connectivity index is 0.00000442. The molecule has 0 fully saturated rings.